The zero-order chi connectivity index (χ0) is 28.3. The Bertz CT molecular complexity index is 1240. The molecule has 8 nitrogen and oxygen atoms in total. The van der Waals surface area contributed by atoms with Gasteiger partial charge in [0.25, 0.3) is 5.56 Å². The van der Waals surface area contributed by atoms with Gasteiger partial charge in [-0.15, -0.1) is 0 Å². The summed E-state index contributed by atoms with van der Waals surface area (Å²) in [4.78, 5) is 26.9. The molecule has 0 bridgehead atoms. The van der Waals surface area contributed by atoms with Crippen LogP contribution in [0.3, 0.4) is 0 Å². The van der Waals surface area contributed by atoms with Crippen LogP contribution in [0.5, 0.6) is 0 Å². The van der Waals surface area contributed by atoms with Gasteiger partial charge in [-0.2, -0.15) is 0 Å². The van der Waals surface area contributed by atoms with E-state index < -0.39 is 37.6 Å². The van der Waals surface area contributed by atoms with Gasteiger partial charge < -0.3 is 18.2 Å². The van der Waals surface area contributed by atoms with Crippen LogP contribution in [0.15, 0.2) is 27.9 Å². The minimum atomic E-state index is -2.60. The van der Waals surface area contributed by atoms with Crippen LogP contribution in [0.4, 0.5) is 0 Å². The first-order valence-corrected chi connectivity index (χ1v) is 20.3. The molecule has 0 amide bonds. The van der Waals surface area contributed by atoms with Gasteiger partial charge in [0, 0.05) is 22.9 Å². The molecule has 0 aromatic carbocycles. The SMILES string of the molecule is C=C(C)[C@H]1CC[C@@]2(C)S[P@](=S)(OC[C@H]3O[C@@H](n4cc(C)c(=O)[nH]c4=O)C[C@@H]3O[Si](C)(C)C(C)(C)C)O[C@@H]2C1. The van der Waals surface area contributed by atoms with Gasteiger partial charge in [0.15, 0.2) is 8.32 Å². The monoisotopic (exact) mass is 602 g/mol. The molecule has 1 aliphatic carbocycles. The third kappa shape index (κ3) is 6.20. The molecule has 1 N–H and O–H groups in total. The first kappa shape index (κ1) is 30.4. The van der Waals surface area contributed by atoms with Crippen LogP contribution in [0, 0.1) is 12.8 Å². The first-order valence-electron chi connectivity index (χ1n) is 13.4. The number of rotatable bonds is 7. The number of aryl methyl sites for hydroxylation is 1. The summed E-state index contributed by atoms with van der Waals surface area (Å²) in [5.74, 6) is 0.454. The fraction of sp³-hybridized carbons (Fsp3) is 0.769. The maximum atomic E-state index is 12.6. The number of H-pyrrole nitrogens is 1. The lowest BCUT2D eigenvalue weighted by Crippen LogP contribution is -2.46. The molecular weight excluding hydrogens is 559 g/mol. The summed E-state index contributed by atoms with van der Waals surface area (Å²) in [6, 6.07) is 0. The Hall–Kier alpha value is -0.523. The van der Waals surface area contributed by atoms with Gasteiger partial charge in [0.2, 0.25) is 5.69 Å². The minimum absolute atomic E-state index is 0.00265. The lowest BCUT2D eigenvalue weighted by molar-refractivity contribution is -0.0396. The van der Waals surface area contributed by atoms with E-state index in [1.807, 2.05) is 0 Å². The van der Waals surface area contributed by atoms with Crippen LogP contribution in [0.2, 0.25) is 18.1 Å². The number of nitrogens with one attached hydrogen (secondary N) is 1. The summed E-state index contributed by atoms with van der Waals surface area (Å²) in [5.41, 5.74) is -1.84. The number of hydrogen-bond donors (Lipinski definition) is 1. The van der Waals surface area contributed by atoms with Gasteiger partial charge in [-0.25, -0.2) is 4.79 Å². The van der Waals surface area contributed by atoms with E-state index in [0.717, 1.165) is 19.3 Å². The summed E-state index contributed by atoms with van der Waals surface area (Å²) >= 11 is 7.69. The molecule has 3 heterocycles. The van der Waals surface area contributed by atoms with Crippen molar-refractivity contribution in [3.63, 3.8) is 0 Å². The van der Waals surface area contributed by atoms with E-state index in [4.69, 9.17) is 30.0 Å². The molecular formula is C26H43N2O6PS2Si. The Morgan fingerprint density at radius 1 is 1.37 bits per heavy atom. The van der Waals surface area contributed by atoms with Crippen molar-refractivity contribution in [2.24, 2.45) is 5.92 Å². The van der Waals surface area contributed by atoms with Gasteiger partial charge in [0.1, 0.15) is 12.3 Å². The molecule has 0 unspecified atom stereocenters. The predicted octanol–water partition coefficient (Wildman–Crippen LogP) is 6.03. The van der Waals surface area contributed by atoms with Gasteiger partial charge >= 0.3 is 5.69 Å². The molecule has 2 aliphatic heterocycles. The largest absolute Gasteiger partial charge is 0.411 e. The molecule has 4 rings (SSSR count). The average molecular weight is 603 g/mol. The number of hydrogen-bond acceptors (Lipinski definition) is 8. The highest BCUT2D eigenvalue weighted by molar-refractivity contribution is 8.68. The van der Waals surface area contributed by atoms with E-state index in [9.17, 15) is 9.59 Å². The molecule has 7 atom stereocenters. The standard InChI is InChI=1S/C26H43N2O6PS2Si/c1-16(2)18-10-11-26(7)21(12-18)33-35(36,37-26)31-15-20-19(34-38(8,9)25(4,5)6)13-22(32-20)28-14-17(3)23(29)27-24(28)30/h14,18-22H,1,10-13,15H2,2-9H3,(H,27,29,30)/t18-,19-,20+,21+,22+,26+,35+/m0/s1. The molecule has 214 valence electrons. The van der Waals surface area contributed by atoms with Crippen LogP contribution in [0.1, 0.15) is 72.1 Å². The number of aromatic amines is 1. The van der Waals surface area contributed by atoms with Crippen molar-refractivity contribution in [2.45, 2.75) is 115 Å². The Labute approximate surface area is 236 Å². The Morgan fingerprint density at radius 2 is 2.05 bits per heavy atom. The smallest absolute Gasteiger partial charge is 0.330 e. The van der Waals surface area contributed by atoms with Gasteiger partial charge in [0.05, 0.1) is 18.8 Å². The van der Waals surface area contributed by atoms with E-state index in [2.05, 4.69) is 59.3 Å². The molecule has 0 spiro atoms. The van der Waals surface area contributed by atoms with Crippen LogP contribution >= 0.6 is 17.1 Å². The molecule has 0 radical (unpaired) electrons. The second kappa shape index (κ2) is 10.7. The van der Waals surface area contributed by atoms with E-state index >= 15 is 0 Å². The van der Waals surface area contributed by atoms with Gasteiger partial charge in [-0.05, 0) is 75.9 Å². The van der Waals surface area contributed by atoms with Crippen LogP contribution < -0.4 is 11.2 Å². The second-order valence-electron chi connectivity index (χ2n) is 12.8. The number of fused-ring (bicyclic) bond motifs is 1. The average Bonchev–Trinajstić information content (AvgIpc) is 3.29. The van der Waals surface area contributed by atoms with E-state index in [1.165, 1.54) is 10.1 Å². The van der Waals surface area contributed by atoms with Crippen molar-refractivity contribution < 1.29 is 18.2 Å². The van der Waals surface area contributed by atoms with Crippen molar-refractivity contribution in [1.29, 1.82) is 0 Å². The summed E-state index contributed by atoms with van der Waals surface area (Å²) in [5, 5.41) is 0.00265. The number of ether oxygens (including phenoxy) is 1. The predicted molar refractivity (Wildman–Crippen MR) is 160 cm³/mol. The lowest BCUT2D eigenvalue weighted by Gasteiger charge is -2.39. The summed E-state index contributed by atoms with van der Waals surface area (Å²) in [7, 11) is -2.15. The molecule has 2 saturated heterocycles. The van der Waals surface area contributed by atoms with Gasteiger partial charge in [-0.3, -0.25) is 14.3 Å². The summed E-state index contributed by atoms with van der Waals surface area (Å²) < 4.78 is 27.5. The topological polar surface area (TPSA) is 91.8 Å². The zero-order valence-electron chi connectivity index (χ0n) is 23.9. The van der Waals surface area contributed by atoms with Crippen molar-refractivity contribution in [1.82, 2.24) is 9.55 Å². The third-order valence-corrected chi connectivity index (χ3v) is 19.1. The molecule has 3 aliphatic rings. The highest BCUT2D eigenvalue weighted by atomic mass is 32.9. The third-order valence-electron chi connectivity index (χ3n) is 8.73. The second-order valence-corrected chi connectivity index (χ2v) is 24.2. The maximum Gasteiger partial charge on any atom is 0.330 e. The molecule has 12 heteroatoms. The van der Waals surface area contributed by atoms with E-state index in [-0.39, 0.29) is 28.6 Å². The van der Waals surface area contributed by atoms with Crippen molar-refractivity contribution in [3.8, 4) is 0 Å². The molecule has 1 aromatic rings. The number of aromatic nitrogens is 2. The summed E-state index contributed by atoms with van der Waals surface area (Å²) in [6.07, 6.45) is 3.85. The lowest BCUT2D eigenvalue weighted by atomic mass is 9.77. The van der Waals surface area contributed by atoms with Crippen molar-refractivity contribution in [2.75, 3.05) is 6.61 Å². The molecule has 1 saturated carbocycles. The number of nitrogens with zero attached hydrogens (tertiary/aromatic N) is 1. The maximum absolute atomic E-state index is 12.6. The van der Waals surface area contributed by atoms with Gasteiger partial charge in [-0.1, -0.05) is 44.3 Å². The van der Waals surface area contributed by atoms with Crippen LogP contribution in [0.25, 0.3) is 0 Å². The normalized spacial score (nSPS) is 35.8. The molecule has 3 fully saturated rings. The summed E-state index contributed by atoms with van der Waals surface area (Å²) in [6.45, 7) is 21.4. The van der Waals surface area contributed by atoms with Crippen LogP contribution in [-0.2, 0) is 30.0 Å². The fourth-order valence-corrected chi connectivity index (χ4v) is 13.6. The zero-order valence-corrected chi connectivity index (χ0v) is 27.4. The van der Waals surface area contributed by atoms with Crippen molar-refractivity contribution in [3.05, 3.63) is 44.8 Å². The van der Waals surface area contributed by atoms with E-state index in [0.29, 0.717) is 17.9 Å². The van der Waals surface area contributed by atoms with Crippen LogP contribution in [-0.4, -0.2) is 47.5 Å². The first-order chi connectivity index (χ1) is 17.4. The Kier molecular flexibility index (Phi) is 8.58. The number of allylic oxidation sites excluding steroid dienone is 1. The highest BCUT2D eigenvalue weighted by Gasteiger charge is 2.54. The quantitative estimate of drug-likeness (QED) is 0.230. The minimum Gasteiger partial charge on any atom is -0.411 e. The molecule has 38 heavy (non-hydrogen) atoms. The van der Waals surface area contributed by atoms with E-state index in [1.54, 1.807) is 24.5 Å². The fourth-order valence-electron chi connectivity index (χ4n) is 5.11. The van der Waals surface area contributed by atoms with Crippen molar-refractivity contribution >= 4 is 37.2 Å². The molecule has 1 aromatic heterocycles. The Morgan fingerprint density at radius 3 is 2.68 bits per heavy atom. The highest BCUT2D eigenvalue weighted by Crippen LogP contribution is 2.75. The Balaban J connectivity index is 1.53.